The summed E-state index contributed by atoms with van der Waals surface area (Å²) in [5.74, 6) is 1.28. The van der Waals surface area contributed by atoms with Crippen LogP contribution in [0.2, 0.25) is 0 Å². The van der Waals surface area contributed by atoms with Crippen LogP contribution in [-0.2, 0) is 11.2 Å². The maximum absolute atomic E-state index is 13.4. The van der Waals surface area contributed by atoms with Crippen LogP contribution in [0.1, 0.15) is 23.7 Å². The number of aromatic nitrogens is 6. The van der Waals surface area contributed by atoms with Crippen molar-refractivity contribution in [2.45, 2.75) is 26.7 Å². The van der Waals surface area contributed by atoms with E-state index >= 15 is 0 Å². The van der Waals surface area contributed by atoms with Crippen LogP contribution in [0, 0.1) is 19.7 Å². The standard InChI is InChI=1S/C21H20FN7O3/c1-12-10-14(4-6-16(12)22)21-24-20(32-26-21)9-8-19(30)23-15-5-7-18(31-3)17(11-15)29-13(2)25-27-28-29/h4-7,10-11H,8-9H2,1-3H3,(H,23,30). The number of amides is 1. The zero-order valence-electron chi connectivity index (χ0n) is 17.7. The number of carbonyl (C=O) groups is 1. The van der Waals surface area contributed by atoms with E-state index in [1.807, 2.05) is 0 Å². The van der Waals surface area contributed by atoms with E-state index in [-0.39, 0.29) is 24.6 Å². The number of aryl methyl sites for hydroxylation is 3. The van der Waals surface area contributed by atoms with Crippen molar-refractivity contribution >= 4 is 11.6 Å². The van der Waals surface area contributed by atoms with Gasteiger partial charge >= 0.3 is 0 Å². The third-order valence-electron chi connectivity index (χ3n) is 4.77. The summed E-state index contributed by atoms with van der Waals surface area (Å²) >= 11 is 0. The lowest BCUT2D eigenvalue weighted by molar-refractivity contribution is -0.116. The van der Waals surface area contributed by atoms with Crippen molar-refractivity contribution in [2.75, 3.05) is 12.4 Å². The fraction of sp³-hybridized carbons (Fsp3) is 0.238. The molecule has 0 atom stereocenters. The van der Waals surface area contributed by atoms with Crippen LogP contribution in [-0.4, -0.2) is 43.4 Å². The molecule has 164 valence electrons. The molecule has 1 N–H and O–H groups in total. The molecule has 0 aliphatic heterocycles. The molecule has 11 heteroatoms. The number of benzene rings is 2. The highest BCUT2D eigenvalue weighted by atomic mass is 19.1. The SMILES string of the molecule is COc1ccc(NC(=O)CCc2nc(-c3ccc(F)c(C)c3)no2)cc1-n1nnnc1C. The molecule has 0 aliphatic carbocycles. The molecule has 4 rings (SSSR count). The second kappa shape index (κ2) is 8.92. The van der Waals surface area contributed by atoms with Gasteiger partial charge in [0.1, 0.15) is 17.3 Å². The van der Waals surface area contributed by atoms with Crippen molar-refractivity contribution in [3.63, 3.8) is 0 Å². The van der Waals surface area contributed by atoms with Gasteiger partial charge in [0.05, 0.1) is 7.11 Å². The molecule has 2 aromatic heterocycles. The molecule has 1 amide bonds. The lowest BCUT2D eigenvalue weighted by Gasteiger charge is -2.11. The van der Waals surface area contributed by atoms with Crippen LogP contribution in [0.3, 0.4) is 0 Å². The average Bonchev–Trinajstić information content (AvgIpc) is 3.43. The lowest BCUT2D eigenvalue weighted by Crippen LogP contribution is -2.13. The molecule has 0 fully saturated rings. The van der Waals surface area contributed by atoms with E-state index < -0.39 is 0 Å². The van der Waals surface area contributed by atoms with Crippen molar-refractivity contribution in [1.82, 2.24) is 30.3 Å². The summed E-state index contributed by atoms with van der Waals surface area (Å²) in [5, 5.41) is 18.2. The highest BCUT2D eigenvalue weighted by Crippen LogP contribution is 2.26. The Balaban J connectivity index is 1.41. The molecule has 2 aromatic carbocycles. The third-order valence-corrected chi connectivity index (χ3v) is 4.77. The third kappa shape index (κ3) is 4.46. The molecule has 0 saturated heterocycles. The minimum Gasteiger partial charge on any atom is -0.494 e. The second-order valence-corrected chi connectivity index (χ2v) is 7.05. The molecular formula is C21H20FN7O3. The topological polar surface area (TPSA) is 121 Å². The Bertz CT molecular complexity index is 1270. The van der Waals surface area contributed by atoms with Gasteiger partial charge in [-0.1, -0.05) is 5.16 Å². The predicted molar refractivity (Wildman–Crippen MR) is 112 cm³/mol. The minimum atomic E-state index is -0.300. The predicted octanol–water partition coefficient (Wildman–Crippen LogP) is 3.05. The van der Waals surface area contributed by atoms with Crippen LogP contribution in [0.25, 0.3) is 17.1 Å². The zero-order valence-corrected chi connectivity index (χ0v) is 17.7. The molecule has 0 bridgehead atoms. The summed E-state index contributed by atoms with van der Waals surface area (Å²) in [4.78, 5) is 16.7. The van der Waals surface area contributed by atoms with Gasteiger partial charge < -0.3 is 14.6 Å². The second-order valence-electron chi connectivity index (χ2n) is 7.05. The van der Waals surface area contributed by atoms with Gasteiger partial charge in [-0.15, -0.1) is 5.10 Å². The number of nitrogens with one attached hydrogen (secondary N) is 1. The Hall–Kier alpha value is -4.15. The van der Waals surface area contributed by atoms with Crippen LogP contribution >= 0.6 is 0 Å². The smallest absolute Gasteiger partial charge is 0.227 e. The molecule has 0 unspecified atom stereocenters. The average molecular weight is 437 g/mol. The first kappa shape index (κ1) is 21.1. The van der Waals surface area contributed by atoms with Crippen LogP contribution < -0.4 is 10.1 Å². The minimum absolute atomic E-state index is 0.134. The Morgan fingerprint density at radius 2 is 2.06 bits per heavy atom. The van der Waals surface area contributed by atoms with Crippen LogP contribution in [0.4, 0.5) is 10.1 Å². The van der Waals surface area contributed by atoms with Crippen molar-refractivity contribution in [3.8, 4) is 22.8 Å². The van der Waals surface area contributed by atoms with E-state index in [9.17, 15) is 9.18 Å². The summed E-state index contributed by atoms with van der Waals surface area (Å²) in [5.41, 5.74) is 2.30. The first-order valence-electron chi connectivity index (χ1n) is 9.77. The number of methoxy groups -OCH3 is 1. The van der Waals surface area contributed by atoms with Crippen molar-refractivity contribution in [3.05, 3.63) is 59.5 Å². The maximum Gasteiger partial charge on any atom is 0.227 e. The fourth-order valence-corrected chi connectivity index (χ4v) is 3.09. The van der Waals surface area contributed by atoms with Gasteiger partial charge in [-0.25, -0.2) is 4.39 Å². The Morgan fingerprint density at radius 3 is 2.78 bits per heavy atom. The number of ether oxygens (including phenoxy) is 1. The van der Waals surface area contributed by atoms with Gasteiger partial charge in [-0.2, -0.15) is 9.67 Å². The summed E-state index contributed by atoms with van der Waals surface area (Å²) in [6.45, 7) is 3.42. The Kier molecular flexibility index (Phi) is 5.88. The molecular weight excluding hydrogens is 417 g/mol. The largest absolute Gasteiger partial charge is 0.494 e. The van der Waals surface area contributed by atoms with Gasteiger partial charge in [0.25, 0.3) is 0 Å². The van der Waals surface area contributed by atoms with E-state index in [1.165, 1.54) is 10.7 Å². The van der Waals surface area contributed by atoms with E-state index in [2.05, 4.69) is 31.0 Å². The number of anilines is 1. The molecule has 2 heterocycles. The summed E-state index contributed by atoms with van der Waals surface area (Å²) in [6, 6.07) is 9.75. The van der Waals surface area contributed by atoms with Crippen LogP contribution in [0.5, 0.6) is 5.75 Å². The van der Waals surface area contributed by atoms with E-state index in [0.29, 0.717) is 45.8 Å². The van der Waals surface area contributed by atoms with E-state index in [0.717, 1.165) is 0 Å². The van der Waals surface area contributed by atoms with Gasteiger partial charge in [0.15, 0.2) is 5.82 Å². The molecule has 0 spiro atoms. The van der Waals surface area contributed by atoms with Crippen LogP contribution in [0.15, 0.2) is 40.9 Å². The summed E-state index contributed by atoms with van der Waals surface area (Å²) < 4.78 is 25.6. The van der Waals surface area contributed by atoms with Crippen molar-refractivity contribution < 1.29 is 18.4 Å². The number of carbonyl (C=O) groups excluding carboxylic acids is 1. The van der Waals surface area contributed by atoms with E-state index in [1.54, 1.807) is 51.3 Å². The maximum atomic E-state index is 13.4. The molecule has 10 nitrogen and oxygen atoms in total. The summed E-state index contributed by atoms with van der Waals surface area (Å²) in [6.07, 6.45) is 0.392. The fourth-order valence-electron chi connectivity index (χ4n) is 3.09. The van der Waals surface area contributed by atoms with E-state index in [4.69, 9.17) is 9.26 Å². The molecule has 0 aliphatic rings. The van der Waals surface area contributed by atoms with Gasteiger partial charge in [-0.3, -0.25) is 4.79 Å². The molecule has 32 heavy (non-hydrogen) atoms. The number of hydrogen-bond donors (Lipinski definition) is 1. The monoisotopic (exact) mass is 437 g/mol. The molecule has 0 saturated carbocycles. The molecule has 0 radical (unpaired) electrons. The number of nitrogens with zero attached hydrogens (tertiary/aromatic N) is 6. The first-order chi connectivity index (χ1) is 15.4. The van der Waals surface area contributed by atoms with Crippen molar-refractivity contribution in [1.29, 1.82) is 0 Å². The Morgan fingerprint density at radius 1 is 1.22 bits per heavy atom. The number of hydrogen-bond acceptors (Lipinski definition) is 8. The molecule has 4 aromatic rings. The lowest BCUT2D eigenvalue weighted by atomic mass is 10.1. The normalized spacial score (nSPS) is 10.9. The summed E-state index contributed by atoms with van der Waals surface area (Å²) in [7, 11) is 1.54. The van der Waals surface area contributed by atoms with Gasteiger partial charge in [0.2, 0.25) is 17.6 Å². The highest BCUT2D eigenvalue weighted by Gasteiger charge is 2.14. The Labute approximate surface area is 182 Å². The quantitative estimate of drug-likeness (QED) is 0.468. The highest BCUT2D eigenvalue weighted by molar-refractivity contribution is 5.91. The van der Waals surface area contributed by atoms with Gasteiger partial charge in [0, 0.05) is 24.1 Å². The number of halogens is 1. The van der Waals surface area contributed by atoms with Gasteiger partial charge in [-0.05, 0) is 66.2 Å². The first-order valence-corrected chi connectivity index (χ1v) is 9.77. The van der Waals surface area contributed by atoms with Crippen molar-refractivity contribution in [2.24, 2.45) is 0 Å². The number of tetrazole rings is 1. The zero-order chi connectivity index (χ0) is 22.7. The number of rotatable bonds is 7.